The first-order chi connectivity index (χ1) is 10.5. The molecule has 0 aromatic rings. The van der Waals surface area contributed by atoms with Crippen LogP contribution in [-0.4, -0.2) is 29.9 Å². The van der Waals surface area contributed by atoms with E-state index < -0.39 is 0 Å². The van der Waals surface area contributed by atoms with Gasteiger partial charge in [0.2, 0.25) is 11.8 Å². The Balaban J connectivity index is 0.00000264. The second-order valence-electron chi connectivity index (χ2n) is 7.35. The van der Waals surface area contributed by atoms with E-state index in [1.54, 1.807) is 0 Å². The molecule has 0 bridgehead atoms. The van der Waals surface area contributed by atoms with Gasteiger partial charge in [-0.15, -0.1) is 12.4 Å². The van der Waals surface area contributed by atoms with Gasteiger partial charge in [-0.3, -0.25) is 9.59 Å². The van der Waals surface area contributed by atoms with Crippen molar-refractivity contribution >= 4 is 24.2 Å². The fraction of sp³-hybridized carbons (Fsp3) is 0.882. The van der Waals surface area contributed by atoms with E-state index in [4.69, 9.17) is 5.73 Å². The molecule has 2 fully saturated rings. The van der Waals surface area contributed by atoms with Crippen LogP contribution in [0.5, 0.6) is 0 Å². The molecule has 2 saturated carbocycles. The van der Waals surface area contributed by atoms with Crippen molar-refractivity contribution in [3.05, 3.63) is 0 Å². The quantitative estimate of drug-likeness (QED) is 0.713. The van der Waals surface area contributed by atoms with Crippen molar-refractivity contribution in [3.8, 4) is 0 Å². The molecule has 0 radical (unpaired) electrons. The van der Waals surface area contributed by atoms with E-state index in [0.29, 0.717) is 12.3 Å². The number of carbonyl (C=O) groups is 2. The molecular formula is C17H32ClN3O2. The topological polar surface area (TPSA) is 84.2 Å². The van der Waals surface area contributed by atoms with Gasteiger partial charge in [0.15, 0.2) is 0 Å². The Morgan fingerprint density at radius 3 is 2.43 bits per heavy atom. The smallest absolute Gasteiger partial charge is 0.223 e. The number of hydrogen-bond donors (Lipinski definition) is 3. The summed E-state index contributed by atoms with van der Waals surface area (Å²) in [7, 11) is 0. The zero-order valence-corrected chi connectivity index (χ0v) is 15.2. The van der Waals surface area contributed by atoms with Crippen LogP contribution in [0.2, 0.25) is 0 Å². The first kappa shape index (κ1) is 20.2. The molecule has 4 atom stereocenters. The van der Waals surface area contributed by atoms with Crippen LogP contribution in [0.3, 0.4) is 0 Å². The molecule has 0 saturated heterocycles. The molecular weight excluding hydrogens is 314 g/mol. The van der Waals surface area contributed by atoms with Crippen LogP contribution in [0.15, 0.2) is 0 Å². The van der Waals surface area contributed by atoms with E-state index in [9.17, 15) is 9.59 Å². The number of halogens is 1. The highest BCUT2D eigenvalue weighted by Crippen LogP contribution is 2.28. The SMILES string of the molecule is CC(C)NC(=O)C1CCCC(NC(=O)C[C@@H]2CCC[C@H]2N)C1.Cl. The van der Waals surface area contributed by atoms with Crippen LogP contribution in [0.4, 0.5) is 0 Å². The van der Waals surface area contributed by atoms with Crippen molar-refractivity contribution in [2.75, 3.05) is 0 Å². The highest BCUT2D eigenvalue weighted by atomic mass is 35.5. The van der Waals surface area contributed by atoms with E-state index in [1.165, 1.54) is 0 Å². The van der Waals surface area contributed by atoms with E-state index >= 15 is 0 Å². The predicted molar refractivity (Wildman–Crippen MR) is 94.3 cm³/mol. The second-order valence-corrected chi connectivity index (χ2v) is 7.35. The molecule has 0 aliphatic heterocycles. The first-order valence-corrected chi connectivity index (χ1v) is 8.81. The zero-order chi connectivity index (χ0) is 16.1. The minimum absolute atomic E-state index is 0. The normalized spacial score (nSPS) is 30.6. The summed E-state index contributed by atoms with van der Waals surface area (Å²) >= 11 is 0. The maximum absolute atomic E-state index is 12.2. The summed E-state index contributed by atoms with van der Waals surface area (Å²) < 4.78 is 0. The van der Waals surface area contributed by atoms with Gasteiger partial charge in [0, 0.05) is 30.5 Å². The summed E-state index contributed by atoms with van der Waals surface area (Å²) in [6.07, 6.45) is 7.47. The number of nitrogens with two attached hydrogens (primary N) is 1. The van der Waals surface area contributed by atoms with Gasteiger partial charge in [-0.2, -0.15) is 0 Å². The Hall–Kier alpha value is -0.810. The standard InChI is InChI=1S/C17H31N3O2.ClH/c1-11(2)19-17(22)13-6-3-7-14(9-13)20-16(21)10-12-5-4-8-15(12)18;/h11-15H,3-10,18H2,1-2H3,(H,19,22)(H,20,21);1H/t12-,13?,14?,15+;/m0./s1. The molecule has 6 heteroatoms. The number of nitrogens with one attached hydrogen (secondary N) is 2. The number of rotatable bonds is 5. The minimum Gasteiger partial charge on any atom is -0.354 e. The summed E-state index contributed by atoms with van der Waals surface area (Å²) in [5, 5.41) is 6.11. The lowest BCUT2D eigenvalue weighted by Gasteiger charge is -2.30. The Morgan fingerprint density at radius 2 is 1.83 bits per heavy atom. The molecule has 4 N–H and O–H groups in total. The molecule has 0 heterocycles. The lowest BCUT2D eigenvalue weighted by atomic mass is 9.84. The molecule has 2 unspecified atom stereocenters. The van der Waals surface area contributed by atoms with Crippen molar-refractivity contribution in [2.24, 2.45) is 17.6 Å². The molecule has 2 amide bonds. The third-order valence-electron chi connectivity index (χ3n) is 5.01. The molecule has 0 spiro atoms. The van der Waals surface area contributed by atoms with E-state index in [1.807, 2.05) is 13.8 Å². The van der Waals surface area contributed by atoms with Gasteiger partial charge >= 0.3 is 0 Å². The summed E-state index contributed by atoms with van der Waals surface area (Å²) in [6.45, 7) is 3.95. The Bertz CT molecular complexity index is 403. The predicted octanol–water partition coefficient (Wildman–Crippen LogP) is 2.13. The second kappa shape index (κ2) is 9.48. The third kappa shape index (κ3) is 6.30. The summed E-state index contributed by atoms with van der Waals surface area (Å²) in [5.74, 6) is 0.614. The molecule has 2 aliphatic rings. The third-order valence-corrected chi connectivity index (χ3v) is 5.01. The minimum atomic E-state index is 0. The average Bonchev–Trinajstić information content (AvgIpc) is 2.83. The van der Waals surface area contributed by atoms with Gasteiger partial charge < -0.3 is 16.4 Å². The molecule has 23 heavy (non-hydrogen) atoms. The Labute approximate surface area is 145 Å². The number of hydrogen-bond acceptors (Lipinski definition) is 3. The van der Waals surface area contributed by atoms with Gasteiger partial charge in [0.25, 0.3) is 0 Å². The lowest BCUT2D eigenvalue weighted by Crippen LogP contribution is -2.44. The molecule has 0 aromatic carbocycles. The first-order valence-electron chi connectivity index (χ1n) is 8.81. The highest BCUT2D eigenvalue weighted by molar-refractivity contribution is 5.85. The number of carbonyl (C=O) groups excluding carboxylic acids is 2. The summed E-state index contributed by atoms with van der Waals surface area (Å²) in [6, 6.07) is 0.495. The van der Waals surface area contributed by atoms with Crippen molar-refractivity contribution in [1.29, 1.82) is 0 Å². The molecule has 5 nitrogen and oxygen atoms in total. The fourth-order valence-corrected chi connectivity index (χ4v) is 3.81. The maximum atomic E-state index is 12.2. The van der Waals surface area contributed by atoms with Gasteiger partial charge in [-0.05, 0) is 51.9 Å². The van der Waals surface area contributed by atoms with Crippen LogP contribution < -0.4 is 16.4 Å². The van der Waals surface area contributed by atoms with Gasteiger partial charge in [-0.25, -0.2) is 0 Å². The molecule has 134 valence electrons. The van der Waals surface area contributed by atoms with Gasteiger partial charge in [-0.1, -0.05) is 12.8 Å². The maximum Gasteiger partial charge on any atom is 0.223 e. The van der Waals surface area contributed by atoms with Crippen LogP contribution in [0.25, 0.3) is 0 Å². The fourth-order valence-electron chi connectivity index (χ4n) is 3.81. The van der Waals surface area contributed by atoms with Gasteiger partial charge in [0.05, 0.1) is 0 Å². The van der Waals surface area contributed by atoms with Crippen LogP contribution in [0.1, 0.15) is 65.2 Å². The number of amides is 2. The highest BCUT2D eigenvalue weighted by Gasteiger charge is 2.30. The van der Waals surface area contributed by atoms with Crippen LogP contribution in [0, 0.1) is 11.8 Å². The lowest BCUT2D eigenvalue weighted by molar-refractivity contribution is -0.128. The largest absolute Gasteiger partial charge is 0.354 e. The average molecular weight is 346 g/mol. The van der Waals surface area contributed by atoms with Crippen molar-refractivity contribution in [2.45, 2.75) is 83.3 Å². The molecule has 2 aliphatic carbocycles. The van der Waals surface area contributed by atoms with E-state index in [2.05, 4.69) is 10.6 Å². The monoisotopic (exact) mass is 345 g/mol. The Morgan fingerprint density at radius 1 is 1.13 bits per heavy atom. The van der Waals surface area contributed by atoms with Crippen LogP contribution >= 0.6 is 12.4 Å². The van der Waals surface area contributed by atoms with Crippen molar-refractivity contribution in [1.82, 2.24) is 10.6 Å². The summed E-state index contributed by atoms with van der Waals surface area (Å²) in [4.78, 5) is 24.3. The van der Waals surface area contributed by atoms with Crippen molar-refractivity contribution in [3.63, 3.8) is 0 Å². The van der Waals surface area contributed by atoms with Crippen molar-refractivity contribution < 1.29 is 9.59 Å². The van der Waals surface area contributed by atoms with E-state index in [-0.39, 0.29) is 48.3 Å². The van der Waals surface area contributed by atoms with Crippen LogP contribution in [-0.2, 0) is 9.59 Å². The molecule has 0 aromatic heterocycles. The zero-order valence-electron chi connectivity index (χ0n) is 14.3. The Kier molecular flexibility index (Phi) is 8.34. The summed E-state index contributed by atoms with van der Waals surface area (Å²) in [5.41, 5.74) is 6.04. The van der Waals surface area contributed by atoms with E-state index in [0.717, 1.165) is 44.9 Å². The van der Waals surface area contributed by atoms with Gasteiger partial charge in [0.1, 0.15) is 0 Å². The molecule has 2 rings (SSSR count).